The van der Waals surface area contributed by atoms with Crippen molar-refractivity contribution in [3.63, 3.8) is 0 Å². The summed E-state index contributed by atoms with van der Waals surface area (Å²) in [5.74, 6) is 1.50. The van der Waals surface area contributed by atoms with E-state index in [1.54, 1.807) is 7.11 Å². The fourth-order valence-corrected chi connectivity index (χ4v) is 4.67. The van der Waals surface area contributed by atoms with Crippen LogP contribution in [-0.4, -0.2) is 48.0 Å². The Hall–Kier alpha value is -2.63. The molecule has 31 heavy (non-hydrogen) atoms. The van der Waals surface area contributed by atoms with E-state index in [-0.39, 0.29) is 11.6 Å². The van der Waals surface area contributed by atoms with E-state index in [0.29, 0.717) is 10.8 Å². The number of carbonyl (C=O) groups excluding carboxylic acids is 1. The third kappa shape index (κ3) is 4.00. The van der Waals surface area contributed by atoms with E-state index in [0.717, 1.165) is 72.8 Å². The molecule has 2 heterocycles. The largest absolute Gasteiger partial charge is 0.495 e. The number of hydrogen-bond donors (Lipinski definition) is 0. The summed E-state index contributed by atoms with van der Waals surface area (Å²) < 4.78 is 11.5. The number of hydrogen-bond acceptors (Lipinski definition) is 5. The molecule has 5 nitrogen and oxygen atoms in total. The molecule has 1 saturated heterocycles. The third-order valence-electron chi connectivity index (χ3n) is 6.50. The van der Waals surface area contributed by atoms with Gasteiger partial charge in [-0.1, -0.05) is 23.7 Å². The summed E-state index contributed by atoms with van der Waals surface area (Å²) in [6.45, 7) is 1.86. The molecule has 1 aliphatic carbocycles. The van der Waals surface area contributed by atoms with Crippen LogP contribution in [0.25, 0.3) is 22.0 Å². The second kappa shape index (κ2) is 8.13. The Morgan fingerprint density at radius 3 is 2.48 bits per heavy atom. The zero-order valence-electron chi connectivity index (χ0n) is 17.5. The summed E-state index contributed by atoms with van der Waals surface area (Å²) in [7, 11) is 1.60. The summed E-state index contributed by atoms with van der Waals surface area (Å²) in [6, 6.07) is 14.0. The molecule has 2 aromatic carbocycles. The molecular formula is C25H25ClN2O3. The van der Waals surface area contributed by atoms with Crippen molar-refractivity contribution in [1.82, 2.24) is 9.88 Å². The van der Waals surface area contributed by atoms with Gasteiger partial charge in [0.25, 0.3) is 0 Å². The number of aldehydes is 1. The van der Waals surface area contributed by atoms with Crippen molar-refractivity contribution in [1.29, 1.82) is 0 Å². The molecule has 0 amide bonds. The van der Waals surface area contributed by atoms with Gasteiger partial charge < -0.3 is 14.3 Å². The van der Waals surface area contributed by atoms with Crippen LogP contribution in [0.2, 0.25) is 5.02 Å². The van der Waals surface area contributed by atoms with Crippen molar-refractivity contribution in [2.45, 2.75) is 37.3 Å². The predicted octanol–water partition coefficient (Wildman–Crippen LogP) is 5.14. The topological polar surface area (TPSA) is 51.7 Å². The van der Waals surface area contributed by atoms with Crippen molar-refractivity contribution in [2.24, 2.45) is 0 Å². The zero-order chi connectivity index (χ0) is 21.4. The molecular weight excluding hydrogens is 412 g/mol. The van der Waals surface area contributed by atoms with E-state index >= 15 is 0 Å². The van der Waals surface area contributed by atoms with Gasteiger partial charge in [0.2, 0.25) is 0 Å². The molecule has 0 atom stereocenters. The van der Waals surface area contributed by atoms with Crippen LogP contribution in [0.3, 0.4) is 0 Å². The average molecular weight is 437 g/mol. The molecule has 0 bridgehead atoms. The highest BCUT2D eigenvalue weighted by Crippen LogP contribution is 2.41. The monoisotopic (exact) mass is 436 g/mol. The number of ether oxygens (including phenoxy) is 2. The van der Waals surface area contributed by atoms with Gasteiger partial charge >= 0.3 is 0 Å². The first kappa shape index (κ1) is 20.3. The molecule has 0 radical (unpaired) electrons. The normalized spacial score (nSPS) is 18.6. The highest BCUT2D eigenvalue weighted by atomic mass is 35.5. The number of nitrogens with zero attached hydrogens (tertiary/aromatic N) is 2. The molecule has 2 aliphatic rings. The SMILES string of the molecule is COc1cc2ncc(-c3ccc(OC4CCN(C5(C=O)CC5)CC4)cc3)cc2cc1Cl. The number of aromatic nitrogens is 1. The van der Waals surface area contributed by atoms with Crippen LogP contribution in [0.5, 0.6) is 11.5 Å². The van der Waals surface area contributed by atoms with E-state index in [1.165, 1.54) is 0 Å². The Morgan fingerprint density at radius 1 is 1.10 bits per heavy atom. The van der Waals surface area contributed by atoms with Crippen LogP contribution in [0.1, 0.15) is 25.7 Å². The summed E-state index contributed by atoms with van der Waals surface area (Å²) in [5.41, 5.74) is 2.79. The lowest BCUT2D eigenvalue weighted by Crippen LogP contribution is -2.46. The molecule has 0 N–H and O–H groups in total. The Bertz CT molecular complexity index is 1100. The minimum atomic E-state index is -0.157. The van der Waals surface area contributed by atoms with Gasteiger partial charge in [-0.2, -0.15) is 0 Å². The Balaban J connectivity index is 1.25. The molecule has 1 aromatic heterocycles. The van der Waals surface area contributed by atoms with Crippen molar-refractivity contribution in [2.75, 3.05) is 20.2 Å². The van der Waals surface area contributed by atoms with Gasteiger partial charge in [0, 0.05) is 36.3 Å². The molecule has 0 unspecified atom stereocenters. The number of methoxy groups -OCH3 is 1. The quantitative estimate of drug-likeness (QED) is 0.501. The van der Waals surface area contributed by atoms with Crippen LogP contribution in [0, 0.1) is 0 Å². The number of carbonyl (C=O) groups is 1. The first-order valence-corrected chi connectivity index (χ1v) is 11.1. The first-order chi connectivity index (χ1) is 15.1. The van der Waals surface area contributed by atoms with E-state index in [9.17, 15) is 4.79 Å². The maximum atomic E-state index is 11.3. The molecule has 2 fully saturated rings. The van der Waals surface area contributed by atoms with Gasteiger partial charge in [0.1, 0.15) is 23.9 Å². The number of benzene rings is 2. The minimum Gasteiger partial charge on any atom is -0.495 e. The van der Waals surface area contributed by atoms with Crippen LogP contribution in [-0.2, 0) is 4.79 Å². The van der Waals surface area contributed by atoms with Gasteiger partial charge in [-0.15, -0.1) is 0 Å². The summed E-state index contributed by atoms with van der Waals surface area (Å²) >= 11 is 6.27. The number of fused-ring (bicyclic) bond motifs is 1. The third-order valence-corrected chi connectivity index (χ3v) is 6.79. The minimum absolute atomic E-state index is 0.157. The van der Waals surface area contributed by atoms with E-state index in [1.807, 2.05) is 30.5 Å². The Kier molecular flexibility index (Phi) is 5.32. The van der Waals surface area contributed by atoms with Gasteiger partial charge in [0.15, 0.2) is 0 Å². The summed E-state index contributed by atoms with van der Waals surface area (Å²) in [5, 5.41) is 1.55. The fraction of sp³-hybridized carbons (Fsp3) is 0.360. The smallest absolute Gasteiger partial charge is 0.140 e. The summed E-state index contributed by atoms with van der Waals surface area (Å²) in [6.07, 6.45) is 7.12. The Morgan fingerprint density at radius 2 is 1.84 bits per heavy atom. The molecule has 3 aromatic rings. The second-order valence-electron chi connectivity index (χ2n) is 8.45. The van der Waals surface area contributed by atoms with E-state index in [2.05, 4.69) is 28.1 Å². The van der Waals surface area contributed by atoms with Crippen LogP contribution in [0.4, 0.5) is 0 Å². The average Bonchev–Trinajstić information content (AvgIpc) is 3.61. The number of likely N-dealkylation sites (tertiary alicyclic amines) is 1. The predicted molar refractivity (Wildman–Crippen MR) is 122 cm³/mol. The Labute approximate surface area is 186 Å². The van der Waals surface area contributed by atoms with Gasteiger partial charge in [-0.25, -0.2) is 0 Å². The van der Waals surface area contributed by atoms with Gasteiger partial charge in [-0.3, -0.25) is 9.88 Å². The number of pyridine rings is 1. The lowest BCUT2D eigenvalue weighted by Gasteiger charge is -2.35. The molecule has 6 heteroatoms. The molecule has 160 valence electrons. The highest BCUT2D eigenvalue weighted by Gasteiger charge is 2.48. The first-order valence-electron chi connectivity index (χ1n) is 10.7. The fourth-order valence-electron chi connectivity index (χ4n) is 4.42. The number of rotatable bonds is 6. The summed E-state index contributed by atoms with van der Waals surface area (Å²) in [4.78, 5) is 18.2. The van der Waals surface area contributed by atoms with Crippen LogP contribution < -0.4 is 9.47 Å². The lowest BCUT2D eigenvalue weighted by molar-refractivity contribution is -0.114. The van der Waals surface area contributed by atoms with Gasteiger partial charge in [-0.05, 0) is 55.5 Å². The standard InChI is InChI=1S/C25H25ClN2O3/c1-30-24-14-23-18(13-22(24)26)12-19(15-27-23)17-2-4-20(5-3-17)31-21-6-10-28(11-7-21)25(16-29)8-9-25/h2-5,12-16,21H,6-11H2,1H3. The highest BCUT2D eigenvalue weighted by molar-refractivity contribution is 6.32. The van der Waals surface area contributed by atoms with Crippen LogP contribution in [0.15, 0.2) is 48.7 Å². The zero-order valence-corrected chi connectivity index (χ0v) is 18.3. The maximum absolute atomic E-state index is 11.3. The van der Waals surface area contributed by atoms with Crippen molar-refractivity contribution in [3.05, 3.63) is 53.7 Å². The number of piperidine rings is 1. The molecule has 1 saturated carbocycles. The van der Waals surface area contributed by atoms with Gasteiger partial charge in [0.05, 0.1) is 23.2 Å². The maximum Gasteiger partial charge on any atom is 0.140 e. The number of halogens is 1. The van der Waals surface area contributed by atoms with E-state index in [4.69, 9.17) is 21.1 Å². The van der Waals surface area contributed by atoms with Crippen molar-refractivity contribution < 1.29 is 14.3 Å². The van der Waals surface area contributed by atoms with Crippen LogP contribution >= 0.6 is 11.6 Å². The second-order valence-corrected chi connectivity index (χ2v) is 8.86. The molecule has 0 spiro atoms. The molecule has 1 aliphatic heterocycles. The molecule has 5 rings (SSSR count). The lowest BCUT2D eigenvalue weighted by atomic mass is 10.0. The van der Waals surface area contributed by atoms with Crippen molar-refractivity contribution >= 4 is 28.8 Å². The van der Waals surface area contributed by atoms with E-state index < -0.39 is 0 Å². The van der Waals surface area contributed by atoms with Crippen molar-refractivity contribution in [3.8, 4) is 22.6 Å².